The van der Waals surface area contributed by atoms with Gasteiger partial charge in [-0.3, -0.25) is 4.68 Å². The van der Waals surface area contributed by atoms with E-state index in [-0.39, 0.29) is 0 Å². The number of imidazole rings is 1. The Balaban J connectivity index is 2.18. The van der Waals surface area contributed by atoms with Crippen LogP contribution in [-0.4, -0.2) is 32.8 Å². The lowest BCUT2D eigenvalue weighted by molar-refractivity contribution is 0.0603. The molecule has 3 aromatic rings. The van der Waals surface area contributed by atoms with Crippen LogP contribution in [-0.2, 0) is 11.8 Å². The lowest BCUT2D eigenvalue weighted by Gasteiger charge is -1.98. The Morgan fingerprint density at radius 1 is 1.42 bits per heavy atom. The Labute approximate surface area is 109 Å². The van der Waals surface area contributed by atoms with Crippen LogP contribution < -0.4 is 0 Å². The highest BCUT2D eigenvalue weighted by Crippen LogP contribution is 2.22. The fourth-order valence-electron chi connectivity index (χ4n) is 1.99. The number of nitrogens with zero attached hydrogens (tertiary/aromatic N) is 3. The molecule has 1 aromatic carbocycles. The molecule has 0 fully saturated rings. The lowest BCUT2D eigenvalue weighted by atomic mass is 10.2. The maximum Gasteiger partial charge on any atom is 0.340 e. The third kappa shape index (κ3) is 1.87. The number of hydrogen-bond donors (Lipinski definition) is 1. The van der Waals surface area contributed by atoms with E-state index in [1.165, 1.54) is 7.11 Å². The van der Waals surface area contributed by atoms with Gasteiger partial charge in [0.15, 0.2) is 0 Å². The summed E-state index contributed by atoms with van der Waals surface area (Å²) in [5.74, 6) is 0.286. The van der Waals surface area contributed by atoms with Crippen LogP contribution in [0.25, 0.3) is 22.4 Å². The maximum atomic E-state index is 11.7. The van der Waals surface area contributed by atoms with E-state index in [2.05, 4.69) is 15.1 Å². The molecule has 96 valence electrons. The van der Waals surface area contributed by atoms with Crippen LogP contribution in [0.15, 0.2) is 30.6 Å². The van der Waals surface area contributed by atoms with Crippen molar-refractivity contribution in [2.45, 2.75) is 0 Å². The van der Waals surface area contributed by atoms with E-state index in [0.717, 1.165) is 11.1 Å². The van der Waals surface area contributed by atoms with Crippen LogP contribution in [0.1, 0.15) is 10.4 Å². The molecule has 19 heavy (non-hydrogen) atoms. The summed E-state index contributed by atoms with van der Waals surface area (Å²) in [5.41, 5.74) is 2.72. The fraction of sp³-hybridized carbons (Fsp3) is 0.154. The van der Waals surface area contributed by atoms with Crippen molar-refractivity contribution in [1.29, 1.82) is 0 Å². The lowest BCUT2D eigenvalue weighted by Crippen LogP contribution is -2.01. The summed E-state index contributed by atoms with van der Waals surface area (Å²) in [6, 6.07) is 5.36. The number of nitrogens with one attached hydrogen (secondary N) is 1. The minimum atomic E-state index is -0.394. The molecule has 0 amide bonds. The van der Waals surface area contributed by atoms with E-state index in [9.17, 15) is 4.79 Å². The quantitative estimate of drug-likeness (QED) is 0.709. The van der Waals surface area contributed by atoms with E-state index >= 15 is 0 Å². The zero-order valence-corrected chi connectivity index (χ0v) is 10.5. The summed E-state index contributed by atoms with van der Waals surface area (Å²) >= 11 is 0. The highest BCUT2D eigenvalue weighted by Gasteiger charge is 2.14. The molecule has 0 unspecified atom stereocenters. The second-order valence-electron chi connectivity index (χ2n) is 4.18. The SMILES string of the molecule is COC(=O)c1cccc2[nH]c(-c3cnn(C)c3)nc12. The number of aromatic amines is 1. The minimum absolute atomic E-state index is 0.394. The molecule has 0 spiro atoms. The summed E-state index contributed by atoms with van der Waals surface area (Å²) in [6.07, 6.45) is 3.57. The highest BCUT2D eigenvalue weighted by atomic mass is 16.5. The molecule has 0 radical (unpaired) electrons. The van der Waals surface area contributed by atoms with Crippen LogP contribution >= 0.6 is 0 Å². The number of carbonyl (C=O) groups excluding carboxylic acids is 1. The summed E-state index contributed by atoms with van der Waals surface area (Å²) in [7, 11) is 3.20. The summed E-state index contributed by atoms with van der Waals surface area (Å²) in [6.45, 7) is 0. The number of esters is 1. The number of fused-ring (bicyclic) bond motifs is 1. The molecule has 0 aliphatic carbocycles. The van der Waals surface area contributed by atoms with Gasteiger partial charge in [-0.15, -0.1) is 0 Å². The number of methoxy groups -OCH3 is 1. The van der Waals surface area contributed by atoms with Gasteiger partial charge >= 0.3 is 5.97 Å². The Kier molecular flexibility index (Phi) is 2.56. The van der Waals surface area contributed by atoms with E-state index in [4.69, 9.17) is 4.74 Å². The number of aromatic nitrogens is 4. The monoisotopic (exact) mass is 256 g/mol. The third-order valence-electron chi connectivity index (χ3n) is 2.90. The van der Waals surface area contributed by atoms with Crippen LogP contribution in [0, 0.1) is 0 Å². The first kappa shape index (κ1) is 11.5. The van der Waals surface area contributed by atoms with Crippen molar-refractivity contribution in [3.05, 3.63) is 36.2 Å². The molecule has 2 aromatic heterocycles. The first-order valence-electron chi connectivity index (χ1n) is 5.75. The smallest absolute Gasteiger partial charge is 0.340 e. The molecular weight excluding hydrogens is 244 g/mol. The average molecular weight is 256 g/mol. The molecule has 0 aliphatic heterocycles. The summed E-state index contributed by atoms with van der Waals surface area (Å²) in [5, 5.41) is 4.10. The summed E-state index contributed by atoms with van der Waals surface area (Å²) in [4.78, 5) is 19.3. The predicted molar refractivity (Wildman–Crippen MR) is 69.6 cm³/mol. The first-order valence-corrected chi connectivity index (χ1v) is 5.75. The van der Waals surface area contributed by atoms with Crippen LogP contribution in [0.4, 0.5) is 0 Å². The van der Waals surface area contributed by atoms with Gasteiger partial charge in [-0.25, -0.2) is 9.78 Å². The number of aryl methyl sites for hydroxylation is 1. The van der Waals surface area contributed by atoms with Crippen molar-refractivity contribution >= 4 is 17.0 Å². The second kappa shape index (κ2) is 4.24. The molecule has 2 heterocycles. The van der Waals surface area contributed by atoms with Gasteiger partial charge in [-0.05, 0) is 12.1 Å². The Morgan fingerprint density at radius 2 is 2.26 bits per heavy atom. The van der Waals surface area contributed by atoms with Gasteiger partial charge in [-0.1, -0.05) is 6.07 Å². The van der Waals surface area contributed by atoms with Crippen molar-refractivity contribution in [3.63, 3.8) is 0 Å². The van der Waals surface area contributed by atoms with Crippen molar-refractivity contribution in [1.82, 2.24) is 19.7 Å². The topological polar surface area (TPSA) is 72.8 Å². The molecule has 0 aliphatic rings. The normalized spacial score (nSPS) is 10.8. The van der Waals surface area contributed by atoms with Gasteiger partial charge < -0.3 is 9.72 Å². The van der Waals surface area contributed by atoms with Gasteiger partial charge in [0.25, 0.3) is 0 Å². The Morgan fingerprint density at radius 3 is 2.95 bits per heavy atom. The fourth-order valence-corrected chi connectivity index (χ4v) is 1.99. The van der Waals surface area contributed by atoms with Gasteiger partial charge in [0.05, 0.1) is 30.0 Å². The maximum absolute atomic E-state index is 11.7. The number of para-hydroxylation sites is 1. The summed E-state index contributed by atoms with van der Waals surface area (Å²) < 4.78 is 6.45. The Bertz CT molecular complexity index is 757. The average Bonchev–Trinajstić information content (AvgIpc) is 3.02. The first-order chi connectivity index (χ1) is 9.19. The van der Waals surface area contributed by atoms with Gasteiger partial charge in [-0.2, -0.15) is 5.10 Å². The molecule has 0 saturated heterocycles. The van der Waals surface area contributed by atoms with Crippen molar-refractivity contribution in [3.8, 4) is 11.4 Å². The second-order valence-corrected chi connectivity index (χ2v) is 4.18. The largest absolute Gasteiger partial charge is 0.465 e. The molecule has 0 atom stereocenters. The number of H-pyrrole nitrogens is 1. The molecule has 3 rings (SSSR count). The third-order valence-corrected chi connectivity index (χ3v) is 2.90. The van der Waals surface area contributed by atoms with Crippen molar-refractivity contribution in [2.24, 2.45) is 7.05 Å². The molecule has 1 N–H and O–H groups in total. The predicted octanol–water partition coefficient (Wildman–Crippen LogP) is 1.75. The number of rotatable bonds is 2. The zero-order valence-electron chi connectivity index (χ0n) is 10.5. The van der Waals surface area contributed by atoms with Gasteiger partial charge in [0.1, 0.15) is 11.3 Å². The number of hydrogen-bond acceptors (Lipinski definition) is 4. The molecule has 0 bridgehead atoms. The van der Waals surface area contributed by atoms with E-state index in [0.29, 0.717) is 16.9 Å². The van der Waals surface area contributed by atoms with Crippen molar-refractivity contribution < 1.29 is 9.53 Å². The van der Waals surface area contributed by atoms with Crippen LogP contribution in [0.3, 0.4) is 0 Å². The molecule has 6 nitrogen and oxygen atoms in total. The van der Waals surface area contributed by atoms with E-state index in [1.807, 2.05) is 19.3 Å². The molecule has 6 heteroatoms. The van der Waals surface area contributed by atoms with E-state index < -0.39 is 5.97 Å². The molecule has 0 saturated carbocycles. The number of carbonyl (C=O) groups is 1. The zero-order chi connectivity index (χ0) is 13.4. The van der Waals surface area contributed by atoms with Gasteiger partial charge in [0, 0.05) is 13.2 Å². The van der Waals surface area contributed by atoms with Crippen LogP contribution in [0.2, 0.25) is 0 Å². The standard InChI is InChI=1S/C13H12N4O2/c1-17-7-8(6-14-17)12-15-10-5-3-4-9(11(10)16-12)13(18)19-2/h3-7H,1-2H3,(H,15,16). The van der Waals surface area contributed by atoms with Crippen molar-refractivity contribution in [2.75, 3.05) is 7.11 Å². The highest BCUT2D eigenvalue weighted by molar-refractivity contribution is 6.02. The minimum Gasteiger partial charge on any atom is -0.465 e. The molecular formula is C13H12N4O2. The van der Waals surface area contributed by atoms with Crippen LogP contribution in [0.5, 0.6) is 0 Å². The Hall–Kier alpha value is -2.63. The number of ether oxygens (including phenoxy) is 1. The number of benzene rings is 1. The van der Waals surface area contributed by atoms with E-state index in [1.54, 1.807) is 23.0 Å². The van der Waals surface area contributed by atoms with Gasteiger partial charge in [0.2, 0.25) is 0 Å².